The maximum atomic E-state index is 12.9. The Morgan fingerprint density at radius 3 is 1.46 bits per heavy atom. The van der Waals surface area contributed by atoms with Crippen molar-refractivity contribution < 1.29 is 72.1 Å². The van der Waals surface area contributed by atoms with Crippen LogP contribution in [0.3, 0.4) is 0 Å². The van der Waals surface area contributed by atoms with Crippen molar-refractivity contribution in [2.75, 3.05) is 98.4 Å². The van der Waals surface area contributed by atoms with E-state index in [1.807, 2.05) is 0 Å². The Bertz CT molecular complexity index is 1110. The molecule has 2 atom stereocenters. The first-order valence-electron chi connectivity index (χ1n) is 16.7. The number of phosphoric ester groups is 1. The van der Waals surface area contributed by atoms with Crippen LogP contribution in [0, 0.1) is 0 Å². The lowest BCUT2D eigenvalue weighted by Crippen LogP contribution is -2.49. The Kier molecular flexibility index (Phi) is 22.5. The van der Waals surface area contributed by atoms with E-state index in [9.17, 15) is 53.5 Å². The van der Waals surface area contributed by atoms with Crippen LogP contribution in [0.5, 0.6) is 0 Å². The number of carbonyl (C=O) groups is 6. The Morgan fingerprint density at radius 2 is 1.04 bits per heavy atom. The summed E-state index contributed by atoms with van der Waals surface area (Å²) in [5.74, 6) is -4.55. The average molecular weight is 741 g/mol. The minimum Gasteiger partial charge on any atom is -0.480 e. The molecule has 0 spiro atoms. The molecule has 1 aliphatic rings. The van der Waals surface area contributed by atoms with Crippen molar-refractivity contribution in [3.63, 3.8) is 0 Å². The van der Waals surface area contributed by atoms with Gasteiger partial charge in [0.1, 0.15) is 12.4 Å². The maximum Gasteiger partial charge on any atom is 0.472 e. The fraction of sp³-hybridized carbons (Fsp3) is 0.800. The van der Waals surface area contributed by atoms with Crippen molar-refractivity contribution in [3.05, 3.63) is 0 Å². The van der Waals surface area contributed by atoms with Crippen molar-refractivity contribution in [1.82, 2.24) is 19.6 Å². The SMILES string of the molecule is CCCC(=O)OCC(COP(=O)(O)OCCCC(=O)CN1CCN(CC(=O)O)CCN(CC(=O)O)CCN(CC(=O)O)CC1)OC(=O)CCC. The van der Waals surface area contributed by atoms with Gasteiger partial charge in [-0.25, -0.2) is 4.57 Å². The van der Waals surface area contributed by atoms with Crippen LogP contribution in [-0.2, 0) is 51.9 Å². The minimum absolute atomic E-state index is 0.0387. The smallest absolute Gasteiger partial charge is 0.472 e. The van der Waals surface area contributed by atoms with Crippen molar-refractivity contribution in [1.29, 1.82) is 0 Å². The molecule has 0 aromatic rings. The van der Waals surface area contributed by atoms with Crippen LogP contribution in [0.15, 0.2) is 0 Å². The first kappa shape index (κ1) is 45.0. The highest BCUT2D eigenvalue weighted by Gasteiger charge is 2.26. The highest BCUT2D eigenvalue weighted by molar-refractivity contribution is 7.47. The molecule has 0 aromatic carbocycles. The van der Waals surface area contributed by atoms with Gasteiger partial charge in [-0.15, -0.1) is 0 Å². The number of phosphoric acid groups is 1. The van der Waals surface area contributed by atoms with E-state index in [-0.39, 0.29) is 123 Å². The normalized spacial score (nSPS) is 17.8. The molecule has 4 N–H and O–H groups in total. The zero-order valence-electron chi connectivity index (χ0n) is 28.9. The molecule has 1 fully saturated rings. The van der Waals surface area contributed by atoms with E-state index in [0.29, 0.717) is 12.8 Å². The van der Waals surface area contributed by atoms with Crippen LogP contribution in [0.4, 0.5) is 0 Å². The highest BCUT2D eigenvalue weighted by Crippen LogP contribution is 2.43. The summed E-state index contributed by atoms with van der Waals surface area (Å²) < 4.78 is 32.6. The summed E-state index contributed by atoms with van der Waals surface area (Å²) in [6, 6.07) is 0. The van der Waals surface area contributed by atoms with Gasteiger partial charge >= 0.3 is 37.7 Å². The van der Waals surface area contributed by atoms with Crippen LogP contribution in [0.1, 0.15) is 52.4 Å². The number of hydrogen-bond acceptors (Lipinski definition) is 15. The van der Waals surface area contributed by atoms with Crippen molar-refractivity contribution in [3.8, 4) is 0 Å². The van der Waals surface area contributed by atoms with Gasteiger partial charge in [0.15, 0.2) is 6.10 Å². The lowest BCUT2D eigenvalue weighted by atomic mass is 10.2. The molecular formula is C30H53N4O15P. The lowest BCUT2D eigenvalue weighted by molar-refractivity contribution is -0.161. The second-order valence-corrected chi connectivity index (χ2v) is 13.3. The Hall–Kier alpha value is -3.03. The number of ketones is 1. The molecule has 1 heterocycles. The van der Waals surface area contributed by atoms with Crippen molar-refractivity contribution >= 4 is 43.5 Å². The van der Waals surface area contributed by atoms with Gasteiger partial charge in [0, 0.05) is 71.6 Å². The third-order valence-electron chi connectivity index (χ3n) is 7.32. The maximum absolute atomic E-state index is 12.9. The van der Waals surface area contributed by atoms with Crippen molar-refractivity contribution in [2.24, 2.45) is 0 Å². The van der Waals surface area contributed by atoms with Gasteiger partial charge in [-0.3, -0.25) is 57.4 Å². The van der Waals surface area contributed by atoms with Crippen LogP contribution in [0.2, 0.25) is 0 Å². The van der Waals surface area contributed by atoms with Gasteiger partial charge in [-0.2, -0.15) is 0 Å². The van der Waals surface area contributed by atoms with Crippen LogP contribution in [0.25, 0.3) is 0 Å². The summed E-state index contributed by atoms with van der Waals surface area (Å²) in [5, 5.41) is 28.0. The first-order chi connectivity index (χ1) is 23.6. The van der Waals surface area contributed by atoms with Crippen LogP contribution in [-0.4, -0.2) is 180 Å². The summed E-state index contributed by atoms with van der Waals surface area (Å²) in [6.45, 7) is 3.38. The van der Waals surface area contributed by atoms with E-state index >= 15 is 0 Å². The molecule has 19 nitrogen and oxygen atoms in total. The summed E-state index contributed by atoms with van der Waals surface area (Å²) in [4.78, 5) is 87.6. The predicted octanol–water partition coefficient (Wildman–Crippen LogP) is -0.0001000. The molecule has 0 aliphatic carbocycles. The second-order valence-electron chi connectivity index (χ2n) is 11.8. The van der Waals surface area contributed by atoms with E-state index in [0.717, 1.165) is 0 Å². The van der Waals surface area contributed by atoms with Gasteiger partial charge in [-0.1, -0.05) is 13.8 Å². The fourth-order valence-electron chi connectivity index (χ4n) is 4.80. The van der Waals surface area contributed by atoms with E-state index in [1.165, 1.54) is 0 Å². The predicted molar refractivity (Wildman–Crippen MR) is 175 cm³/mol. The molecule has 0 amide bonds. The number of carboxylic acids is 3. The lowest BCUT2D eigenvalue weighted by Gasteiger charge is -2.32. The zero-order valence-corrected chi connectivity index (χ0v) is 29.8. The van der Waals surface area contributed by atoms with E-state index in [4.69, 9.17) is 18.5 Å². The number of esters is 2. The first-order valence-corrected chi connectivity index (χ1v) is 18.1. The number of Topliss-reactive ketones (excluding diaryl/α,β-unsaturated/α-hetero) is 1. The third-order valence-corrected chi connectivity index (χ3v) is 8.31. The van der Waals surface area contributed by atoms with Crippen LogP contribution < -0.4 is 0 Å². The monoisotopic (exact) mass is 740 g/mol. The quantitative estimate of drug-likeness (QED) is 0.0611. The number of carbonyl (C=O) groups excluding carboxylic acids is 3. The number of aliphatic carboxylic acids is 3. The number of hydrogen-bond donors (Lipinski definition) is 4. The molecule has 0 radical (unpaired) electrons. The zero-order chi connectivity index (χ0) is 37.5. The topological polar surface area (TPSA) is 250 Å². The van der Waals surface area contributed by atoms with Gasteiger partial charge in [0.05, 0.1) is 39.4 Å². The molecule has 288 valence electrons. The van der Waals surface area contributed by atoms with Crippen LogP contribution >= 0.6 is 7.82 Å². The third kappa shape index (κ3) is 22.6. The second kappa shape index (κ2) is 25.0. The largest absolute Gasteiger partial charge is 0.480 e. The van der Waals surface area contributed by atoms with E-state index in [1.54, 1.807) is 33.4 Å². The number of ether oxygens (including phenoxy) is 2. The van der Waals surface area contributed by atoms with E-state index < -0.39 is 50.4 Å². The van der Waals surface area contributed by atoms with Gasteiger partial charge in [0.2, 0.25) is 0 Å². The molecule has 2 unspecified atom stereocenters. The molecule has 0 saturated carbocycles. The molecule has 20 heteroatoms. The van der Waals surface area contributed by atoms with Crippen molar-refractivity contribution in [2.45, 2.75) is 58.5 Å². The standard InChI is InChI=1S/C30H53N4O15P/c1-3-6-29(42)46-22-25(49-30(43)7-4-2)23-48-50(44,45)47-17-5-8-24(35)18-31-9-11-32(19-26(36)37)13-15-34(21-28(40)41)16-14-33(12-10-31)20-27(38)39/h25H,3-23H2,1-2H3,(H,36,37)(H,38,39)(H,40,41)(H,44,45). The summed E-state index contributed by atoms with van der Waals surface area (Å²) in [6.07, 6.45) is 0.165. The molecule has 1 aliphatic heterocycles. The Morgan fingerprint density at radius 1 is 0.620 bits per heavy atom. The molecular weight excluding hydrogens is 687 g/mol. The van der Waals surface area contributed by atoms with Gasteiger partial charge < -0.3 is 29.7 Å². The minimum atomic E-state index is -4.63. The molecule has 50 heavy (non-hydrogen) atoms. The van der Waals surface area contributed by atoms with Gasteiger partial charge in [-0.05, 0) is 19.3 Å². The van der Waals surface area contributed by atoms with Gasteiger partial charge in [0.25, 0.3) is 0 Å². The summed E-state index contributed by atoms with van der Waals surface area (Å²) in [5.41, 5.74) is 0. The summed E-state index contributed by atoms with van der Waals surface area (Å²) >= 11 is 0. The highest BCUT2D eigenvalue weighted by atomic mass is 31.2. The number of rotatable bonds is 23. The average Bonchev–Trinajstić information content (AvgIpc) is 3.01. The number of nitrogens with zero attached hydrogens (tertiary/aromatic N) is 4. The fourth-order valence-corrected chi connectivity index (χ4v) is 5.59. The molecule has 1 saturated heterocycles. The number of carboxylic acid groups (broad SMARTS) is 3. The van der Waals surface area contributed by atoms with E-state index in [2.05, 4.69) is 0 Å². The molecule has 0 bridgehead atoms. The summed E-state index contributed by atoms with van der Waals surface area (Å²) in [7, 11) is -4.63. The molecule has 1 rings (SSSR count). The Balaban J connectivity index is 2.74. The molecule has 0 aromatic heterocycles. The Labute approximate surface area is 292 Å².